The van der Waals surface area contributed by atoms with Crippen molar-refractivity contribution in [2.45, 2.75) is 78.0 Å². The van der Waals surface area contributed by atoms with Crippen LogP contribution >= 0.6 is 0 Å². The van der Waals surface area contributed by atoms with Gasteiger partial charge in [0, 0.05) is 6.54 Å². The molecule has 0 heterocycles. The highest BCUT2D eigenvalue weighted by Gasteiger charge is 2.23. The van der Waals surface area contributed by atoms with E-state index in [-0.39, 0.29) is 0 Å². The Kier molecular flexibility index (Phi) is 9.25. The van der Waals surface area contributed by atoms with E-state index in [0.717, 1.165) is 0 Å². The highest BCUT2D eigenvalue weighted by atomic mass is 16.6. The second kappa shape index (κ2) is 10.1. The zero-order chi connectivity index (χ0) is 19.7. The Bertz CT molecular complexity index is 454. The molecule has 9 heteroatoms. The van der Waals surface area contributed by atoms with E-state index < -0.39 is 35.3 Å². The van der Waals surface area contributed by atoms with Gasteiger partial charge >= 0.3 is 12.2 Å². The molecule has 0 aromatic heterocycles. The lowest BCUT2D eigenvalue weighted by molar-refractivity contribution is -0.123. The summed E-state index contributed by atoms with van der Waals surface area (Å²) in [6.45, 7) is 10.9. The third-order valence-electron chi connectivity index (χ3n) is 2.74. The van der Waals surface area contributed by atoms with E-state index in [1.165, 1.54) is 0 Å². The molecule has 1 atom stereocenters. The maximum atomic E-state index is 11.8. The van der Waals surface area contributed by atoms with E-state index in [4.69, 9.17) is 15.3 Å². The van der Waals surface area contributed by atoms with Crippen LogP contribution in [0.3, 0.4) is 0 Å². The Hall–Kier alpha value is -2.03. The van der Waals surface area contributed by atoms with Crippen molar-refractivity contribution in [3.63, 3.8) is 0 Å². The molecule has 0 aliphatic carbocycles. The molecule has 25 heavy (non-hydrogen) atoms. The Balaban J connectivity index is 4.23. The Labute approximate surface area is 149 Å². The molecule has 146 valence electrons. The second-order valence-corrected chi connectivity index (χ2v) is 7.63. The van der Waals surface area contributed by atoms with Crippen molar-refractivity contribution in [3.8, 4) is 0 Å². The SMILES string of the molecule is CC(C)(C)OC(=O)NCCCCC(NC(=O)OC(C)(C)C)C(=O)NN. The van der Waals surface area contributed by atoms with Gasteiger partial charge in [0.2, 0.25) is 0 Å². The quantitative estimate of drug-likeness (QED) is 0.236. The first-order valence-electron chi connectivity index (χ1n) is 8.31. The number of carbonyl (C=O) groups is 3. The summed E-state index contributed by atoms with van der Waals surface area (Å²) in [5.74, 6) is 4.63. The second-order valence-electron chi connectivity index (χ2n) is 7.63. The van der Waals surface area contributed by atoms with Crippen LogP contribution in [0.5, 0.6) is 0 Å². The predicted octanol–water partition coefficient (Wildman–Crippen LogP) is 1.56. The van der Waals surface area contributed by atoms with E-state index in [2.05, 4.69) is 10.6 Å². The summed E-state index contributed by atoms with van der Waals surface area (Å²) in [6.07, 6.45) is 0.384. The fourth-order valence-corrected chi connectivity index (χ4v) is 1.80. The average molecular weight is 360 g/mol. The third kappa shape index (κ3) is 13.0. The van der Waals surface area contributed by atoms with E-state index >= 15 is 0 Å². The molecule has 0 aliphatic rings. The van der Waals surface area contributed by atoms with E-state index in [1.54, 1.807) is 41.5 Å². The summed E-state index contributed by atoms with van der Waals surface area (Å²) in [5, 5.41) is 5.12. The molecule has 9 nitrogen and oxygen atoms in total. The van der Waals surface area contributed by atoms with E-state index in [0.29, 0.717) is 25.8 Å². The molecular weight excluding hydrogens is 328 g/mol. The van der Waals surface area contributed by atoms with Crippen LogP contribution in [0.25, 0.3) is 0 Å². The van der Waals surface area contributed by atoms with Crippen molar-refractivity contribution in [1.82, 2.24) is 16.1 Å². The van der Waals surface area contributed by atoms with Crippen molar-refractivity contribution >= 4 is 18.1 Å². The Morgan fingerprint density at radius 3 is 1.92 bits per heavy atom. The molecule has 0 aromatic carbocycles. The monoisotopic (exact) mass is 360 g/mol. The normalized spacial score (nSPS) is 12.8. The van der Waals surface area contributed by atoms with Gasteiger partial charge < -0.3 is 20.1 Å². The summed E-state index contributed by atoms with van der Waals surface area (Å²) < 4.78 is 10.2. The molecule has 0 bridgehead atoms. The van der Waals surface area contributed by atoms with Crippen molar-refractivity contribution in [3.05, 3.63) is 0 Å². The van der Waals surface area contributed by atoms with Crippen LogP contribution in [0, 0.1) is 0 Å². The maximum absolute atomic E-state index is 11.8. The minimum Gasteiger partial charge on any atom is -0.444 e. The number of hydrazine groups is 1. The number of ether oxygens (including phenoxy) is 2. The van der Waals surface area contributed by atoms with Gasteiger partial charge in [-0.1, -0.05) is 0 Å². The lowest BCUT2D eigenvalue weighted by Crippen LogP contribution is -2.50. The van der Waals surface area contributed by atoms with Gasteiger partial charge in [0.15, 0.2) is 0 Å². The lowest BCUT2D eigenvalue weighted by Gasteiger charge is -2.23. The minimum absolute atomic E-state index is 0.359. The number of nitrogens with two attached hydrogens (primary N) is 1. The van der Waals surface area contributed by atoms with Crippen molar-refractivity contribution < 1.29 is 23.9 Å². The average Bonchev–Trinajstić information content (AvgIpc) is 2.40. The minimum atomic E-state index is -0.804. The lowest BCUT2D eigenvalue weighted by atomic mass is 10.1. The largest absolute Gasteiger partial charge is 0.444 e. The number of amides is 3. The molecule has 5 N–H and O–H groups in total. The smallest absolute Gasteiger partial charge is 0.408 e. The molecule has 0 aromatic rings. The van der Waals surface area contributed by atoms with Gasteiger partial charge in [-0.05, 0) is 60.8 Å². The number of hydrogen-bond acceptors (Lipinski definition) is 6. The fourth-order valence-electron chi connectivity index (χ4n) is 1.80. The molecule has 1 unspecified atom stereocenters. The van der Waals surface area contributed by atoms with Crippen LogP contribution < -0.4 is 21.9 Å². The third-order valence-corrected chi connectivity index (χ3v) is 2.74. The molecule has 0 fully saturated rings. The Morgan fingerprint density at radius 1 is 0.920 bits per heavy atom. The highest BCUT2D eigenvalue weighted by Crippen LogP contribution is 2.09. The van der Waals surface area contributed by atoms with Crippen LogP contribution in [0.4, 0.5) is 9.59 Å². The molecule has 3 amide bonds. The van der Waals surface area contributed by atoms with Crippen LogP contribution in [-0.2, 0) is 14.3 Å². The predicted molar refractivity (Wildman–Crippen MR) is 93.6 cm³/mol. The number of alkyl carbamates (subject to hydrolysis) is 2. The van der Waals surface area contributed by atoms with Gasteiger partial charge in [-0.25, -0.2) is 15.4 Å². The van der Waals surface area contributed by atoms with E-state index in [9.17, 15) is 14.4 Å². The van der Waals surface area contributed by atoms with Crippen LogP contribution in [0.15, 0.2) is 0 Å². The molecule has 0 spiro atoms. The van der Waals surface area contributed by atoms with Gasteiger partial charge in [0.05, 0.1) is 0 Å². The van der Waals surface area contributed by atoms with Gasteiger partial charge in [0.1, 0.15) is 17.2 Å². The van der Waals surface area contributed by atoms with Crippen molar-refractivity contribution in [1.29, 1.82) is 0 Å². The number of hydrogen-bond donors (Lipinski definition) is 4. The molecule has 0 saturated heterocycles. The van der Waals surface area contributed by atoms with Crippen LogP contribution in [0.1, 0.15) is 60.8 Å². The standard InChI is InChI=1S/C16H32N4O5/c1-15(2,3)24-13(22)18-10-8-7-9-11(12(21)20-17)19-14(23)25-16(4,5)6/h11H,7-10,17H2,1-6H3,(H,18,22)(H,19,23)(H,20,21). The topological polar surface area (TPSA) is 132 Å². The van der Waals surface area contributed by atoms with Crippen molar-refractivity contribution in [2.75, 3.05) is 6.54 Å². The summed E-state index contributed by atoms with van der Waals surface area (Å²) in [6, 6.07) is -0.804. The first kappa shape index (κ1) is 23.0. The zero-order valence-corrected chi connectivity index (χ0v) is 16.0. The Morgan fingerprint density at radius 2 is 1.44 bits per heavy atom. The van der Waals surface area contributed by atoms with Gasteiger partial charge in [-0.3, -0.25) is 10.2 Å². The summed E-state index contributed by atoms with van der Waals surface area (Å²) in [5.41, 5.74) is 0.808. The maximum Gasteiger partial charge on any atom is 0.408 e. The molecule has 0 saturated carbocycles. The van der Waals surface area contributed by atoms with E-state index in [1.807, 2.05) is 5.43 Å². The summed E-state index contributed by atoms with van der Waals surface area (Å²) >= 11 is 0. The summed E-state index contributed by atoms with van der Waals surface area (Å²) in [4.78, 5) is 35.0. The molecule has 0 radical (unpaired) electrons. The first-order chi connectivity index (χ1) is 11.3. The van der Waals surface area contributed by atoms with Gasteiger partial charge in [0.25, 0.3) is 5.91 Å². The number of rotatable bonds is 7. The van der Waals surface area contributed by atoms with Gasteiger partial charge in [-0.15, -0.1) is 0 Å². The zero-order valence-electron chi connectivity index (χ0n) is 16.0. The van der Waals surface area contributed by atoms with Crippen LogP contribution in [-0.4, -0.2) is 41.9 Å². The molecule has 0 rings (SSSR count). The fraction of sp³-hybridized carbons (Fsp3) is 0.812. The number of carbonyl (C=O) groups excluding carboxylic acids is 3. The first-order valence-corrected chi connectivity index (χ1v) is 8.31. The summed E-state index contributed by atoms with van der Waals surface area (Å²) in [7, 11) is 0. The number of unbranched alkanes of at least 4 members (excludes halogenated alkanes) is 1. The van der Waals surface area contributed by atoms with Crippen LogP contribution in [0.2, 0.25) is 0 Å². The molecular formula is C16H32N4O5. The highest BCUT2D eigenvalue weighted by molar-refractivity contribution is 5.85. The number of nitrogens with one attached hydrogen (secondary N) is 3. The van der Waals surface area contributed by atoms with Crippen molar-refractivity contribution in [2.24, 2.45) is 5.84 Å². The van der Waals surface area contributed by atoms with Gasteiger partial charge in [-0.2, -0.15) is 0 Å². The molecule has 0 aliphatic heterocycles.